The van der Waals surface area contributed by atoms with E-state index >= 15 is 0 Å². The quantitative estimate of drug-likeness (QED) is 0.510. The van der Waals surface area contributed by atoms with Crippen molar-refractivity contribution in [2.24, 2.45) is 0 Å². The molecule has 0 aliphatic carbocycles. The number of pyridine rings is 2. The van der Waals surface area contributed by atoms with Crippen molar-refractivity contribution in [3.05, 3.63) is 48.8 Å². The van der Waals surface area contributed by atoms with Crippen molar-refractivity contribution in [1.82, 2.24) is 0 Å². The van der Waals surface area contributed by atoms with Crippen LogP contribution >= 0.6 is 0 Å². The van der Waals surface area contributed by atoms with Crippen LogP contribution in [-0.4, -0.2) is 7.60 Å². The molecule has 2 aromatic heterocycles. The molecule has 2 aliphatic heterocycles. The Morgan fingerprint density at radius 2 is 1.26 bits per heavy atom. The van der Waals surface area contributed by atoms with Gasteiger partial charge >= 0.3 is 109 Å². The summed E-state index contributed by atoms with van der Waals surface area (Å²) in [7, 11) is -4.58. The zero-order chi connectivity index (χ0) is 13.2. The Bertz CT molecular complexity index is 608. The zero-order valence-electron chi connectivity index (χ0n) is 10.6. The SMILES string of the molecule is C[Si-2]12(C)(Oc3cccc[n+]3O1)Oc1cccc[n+]1O2. The van der Waals surface area contributed by atoms with E-state index in [1.165, 1.54) is 9.46 Å². The van der Waals surface area contributed by atoms with E-state index in [1.54, 1.807) is 25.5 Å². The summed E-state index contributed by atoms with van der Waals surface area (Å²) in [6.07, 6.45) is 3.52. The van der Waals surface area contributed by atoms with Crippen LogP contribution in [0.2, 0.25) is 13.1 Å². The molecule has 100 valence electrons. The third kappa shape index (κ3) is 1.30. The molecule has 0 amide bonds. The van der Waals surface area contributed by atoms with Crippen molar-refractivity contribution < 1.29 is 27.4 Å². The van der Waals surface area contributed by atoms with E-state index in [0.29, 0.717) is 11.8 Å². The van der Waals surface area contributed by atoms with Gasteiger partial charge in [0, 0.05) is 0 Å². The Morgan fingerprint density at radius 3 is 1.68 bits per heavy atom. The first-order valence-electron chi connectivity index (χ1n) is 6.13. The first kappa shape index (κ1) is 10.6. The van der Waals surface area contributed by atoms with Crippen molar-refractivity contribution >= 4 is 7.60 Å². The summed E-state index contributed by atoms with van der Waals surface area (Å²) in [6.45, 7) is 3.52. The molecular weight excluding hydrogens is 264 g/mol. The van der Waals surface area contributed by atoms with Crippen LogP contribution in [0, 0.1) is 0 Å². The maximum absolute atomic E-state index is 6.04. The van der Waals surface area contributed by atoms with E-state index in [0.717, 1.165) is 0 Å². The number of aromatic nitrogens is 2. The van der Waals surface area contributed by atoms with Crippen molar-refractivity contribution in [3.63, 3.8) is 0 Å². The van der Waals surface area contributed by atoms with Gasteiger partial charge in [-0.3, -0.25) is 0 Å². The average molecular weight is 278 g/mol. The molecule has 0 saturated carbocycles. The molecule has 4 heterocycles. The summed E-state index contributed by atoms with van der Waals surface area (Å²) in [4.78, 5) is 0. The Morgan fingerprint density at radius 1 is 0.789 bits per heavy atom. The second-order valence-corrected chi connectivity index (χ2v) is 11.8. The Labute approximate surface area is 109 Å². The van der Waals surface area contributed by atoms with Crippen molar-refractivity contribution in [1.29, 1.82) is 0 Å². The first-order chi connectivity index (χ1) is 8.90. The molecule has 2 aliphatic rings. The molecule has 1 spiro atoms. The number of fused-ring (bicyclic) bond motifs is 2. The monoisotopic (exact) mass is 278 g/mol. The topological polar surface area (TPSA) is 44.7 Å². The second-order valence-electron chi connectivity index (χ2n) is 5.75. The predicted octanol–water partition coefficient (Wildman–Crippen LogP) is 0.207. The molecule has 0 bridgehead atoms. The van der Waals surface area contributed by atoms with E-state index < -0.39 is 7.60 Å². The fourth-order valence-corrected chi connectivity index (χ4v) is 6.01. The van der Waals surface area contributed by atoms with Crippen LogP contribution in [0.25, 0.3) is 0 Å². The Balaban J connectivity index is 1.89. The molecule has 0 atom stereocenters. The molecule has 0 fully saturated rings. The molecule has 19 heavy (non-hydrogen) atoms. The van der Waals surface area contributed by atoms with E-state index in [2.05, 4.69) is 0 Å². The minimum atomic E-state index is -4.58. The van der Waals surface area contributed by atoms with Gasteiger partial charge in [-0.05, 0) is 0 Å². The fraction of sp³-hybridized carbons (Fsp3) is 0.167. The van der Waals surface area contributed by atoms with Crippen LogP contribution in [0.3, 0.4) is 0 Å². The van der Waals surface area contributed by atoms with Gasteiger partial charge in [0.1, 0.15) is 0 Å². The summed E-state index contributed by atoms with van der Waals surface area (Å²) >= 11 is 0. The summed E-state index contributed by atoms with van der Waals surface area (Å²) in [5, 5.41) is 0. The van der Waals surface area contributed by atoms with Crippen LogP contribution in [0.4, 0.5) is 0 Å². The maximum atomic E-state index is 6.04. The Kier molecular flexibility index (Phi) is 1.41. The number of rotatable bonds is 0. The van der Waals surface area contributed by atoms with Crippen molar-refractivity contribution in [2.75, 3.05) is 0 Å². The number of hydrogen-bond donors (Lipinski definition) is 0. The summed E-state index contributed by atoms with van der Waals surface area (Å²) < 4.78 is 27.2. The van der Waals surface area contributed by atoms with Crippen LogP contribution in [0.1, 0.15) is 0 Å². The molecular formula is C12H14N2O4Si. The Hall–Kier alpha value is -2.28. The normalized spacial score (nSPS) is 26.0. The zero-order valence-corrected chi connectivity index (χ0v) is 11.6. The van der Waals surface area contributed by atoms with Crippen molar-refractivity contribution in [2.45, 2.75) is 13.1 Å². The van der Waals surface area contributed by atoms with Crippen LogP contribution in [0.5, 0.6) is 11.8 Å². The van der Waals surface area contributed by atoms with E-state index in [9.17, 15) is 0 Å². The first-order valence-corrected chi connectivity index (χ1v) is 9.76. The third-order valence-electron chi connectivity index (χ3n) is 3.23. The molecule has 0 unspecified atom stereocenters. The number of hydrogen-bond acceptors (Lipinski definition) is 4. The molecule has 0 radical (unpaired) electrons. The molecule has 7 heteroatoms. The molecule has 0 saturated heterocycles. The van der Waals surface area contributed by atoms with Gasteiger partial charge in [0.05, 0.1) is 0 Å². The number of nitrogens with zero attached hydrogens (tertiary/aromatic N) is 2. The fourth-order valence-electron chi connectivity index (χ4n) is 2.55. The second kappa shape index (κ2) is 2.53. The molecule has 0 aromatic carbocycles. The minimum absolute atomic E-state index is 0.561. The molecule has 2 aromatic rings. The molecule has 4 rings (SSSR count). The van der Waals surface area contributed by atoms with E-state index in [-0.39, 0.29) is 0 Å². The third-order valence-corrected chi connectivity index (χ3v) is 6.54. The standard InChI is InChI=1S/C12H14N2O4Si/c1-19(2,15-11-7-3-5-9-13(11)17-19)16-12-8-4-6-10-14(12)18-19/h3-10H,1-2H3. The average Bonchev–Trinajstić information content (AvgIpc) is 2.75. The van der Waals surface area contributed by atoms with Gasteiger partial charge in [0.15, 0.2) is 0 Å². The van der Waals surface area contributed by atoms with Gasteiger partial charge in [-0.1, -0.05) is 0 Å². The van der Waals surface area contributed by atoms with Gasteiger partial charge in [0.25, 0.3) is 0 Å². The van der Waals surface area contributed by atoms with Gasteiger partial charge < -0.3 is 0 Å². The van der Waals surface area contributed by atoms with Gasteiger partial charge in [-0.2, -0.15) is 0 Å². The van der Waals surface area contributed by atoms with Crippen LogP contribution < -0.4 is 27.4 Å². The summed E-state index contributed by atoms with van der Waals surface area (Å²) in [5.74, 6) is 1.12. The van der Waals surface area contributed by atoms with Gasteiger partial charge in [-0.15, -0.1) is 0 Å². The van der Waals surface area contributed by atoms with Crippen LogP contribution in [0.15, 0.2) is 48.8 Å². The summed E-state index contributed by atoms with van der Waals surface area (Å²) in [6, 6.07) is 11.1. The molecule has 6 nitrogen and oxygen atoms in total. The van der Waals surface area contributed by atoms with E-state index in [1.807, 2.05) is 36.4 Å². The van der Waals surface area contributed by atoms with Gasteiger partial charge in [0.2, 0.25) is 0 Å². The van der Waals surface area contributed by atoms with Gasteiger partial charge in [-0.25, -0.2) is 0 Å². The van der Waals surface area contributed by atoms with Crippen LogP contribution in [-0.2, 0) is 0 Å². The predicted molar refractivity (Wildman–Crippen MR) is 65.2 cm³/mol. The van der Waals surface area contributed by atoms with Crippen molar-refractivity contribution in [3.8, 4) is 11.8 Å². The molecule has 0 N–H and O–H groups in total. The van der Waals surface area contributed by atoms with E-state index in [4.69, 9.17) is 17.9 Å². The summed E-state index contributed by atoms with van der Waals surface area (Å²) in [5.41, 5.74) is 0.